The summed E-state index contributed by atoms with van der Waals surface area (Å²) in [7, 11) is 0. The van der Waals surface area contributed by atoms with E-state index in [0.717, 1.165) is 25.0 Å². The van der Waals surface area contributed by atoms with E-state index >= 15 is 0 Å². The highest BCUT2D eigenvalue weighted by Crippen LogP contribution is 2.48. The molecule has 0 bridgehead atoms. The van der Waals surface area contributed by atoms with E-state index in [1.165, 1.54) is 4.88 Å². The van der Waals surface area contributed by atoms with Crippen LogP contribution in [0, 0.1) is 18.3 Å². The minimum atomic E-state index is -0.745. The summed E-state index contributed by atoms with van der Waals surface area (Å²) in [6.07, 6.45) is 3.33. The van der Waals surface area contributed by atoms with Crippen LogP contribution in [0.25, 0.3) is 0 Å². The highest BCUT2D eigenvalue weighted by atomic mass is 32.1. The Balaban J connectivity index is 1.54. The average molecular weight is 323 g/mol. The van der Waals surface area contributed by atoms with E-state index in [4.69, 9.17) is 0 Å². The quantitative estimate of drug-likeness (QED) is 0.886. The number of carboxylic acid groups (broad SMARTS) is 1. The zero-order valence-corrected chi connectivity index (χ0v) is 13.5. The van der Waals surface area contributed by atoms with E-state index in [1.54, 1.807) is 16.2 Å². The van der Waals surface area contributed by atoms with Gasteiger partial charge in [0.05, 0.1) is 16.6 Å². The van der Waals surface area contributed by atoms with Gasteiger partial charge in [0.1, 0.15) is 0 Å². The Morgan fingerprint density at radius 2 is 2.41 bits per heavy atom. The van der Waals surface area contributed by atoms with Gasteiger partial charge in [-0.15, -0.1) is 11.3 Å². The van der Waals surface area contributed by atoms with Crippen LogP contribution in [0.2, 0.25) is 0 Å². The number of aryl methyl sites for hydroxylation is 1. The molecule has 2 aliphatic rings. The van der Waals surface area contributed by atoms with Gasteiger partial charge in [-0.05, 0) is 25.7 Å². The average Bonchev–Trinajstić information content (AvgIpc) is 3.12. The molecule has 1 aromatic rings. The van der Waals surface area contributed by atoms with Crippen molar-refractivity contribution in [2.24, 2.45) is 11.3 Å². The van der Waals surface area contributed by atoms with Crippen molar-refractivity contribution in [2.75, 3.05) is 19.6 Å². The lowest BCUT2D eigenvalue weighted by Gasteiger charge is -2.23. The van der Waals surface area contributed by atoms with Crippen LogP contribution in [0.3, 0.4) is 0 Å². The fourth-order valence-corrected chi connectivity index (χ4v) is 4.54. The van der Waals surface area contributed by atoms with Gasteiger partial charge in [0, 0.05) is 30.9 Å². The molecule has 2 N–H and O–H groups in total. The molecule has 0 aromatic carbocycles. The smallest absolute Gasteiger partial charge is 0.317 e. The lowest BCUT2D eigenvalue weighted by molar-refractivity contribution is -0.149. The maximum absolute atomic E-state index is 12.3. The predicted octanol–water partition coefficient (Wildman–Crippen LogP) is 1.89. The summed E-state index contributed by atoms with van der Waals surface area (Å²) in [6.45, 7) is 3.44. The van der Waals surface area contributed by atoms with Crippen LogP contribution in [-0.4, -0.2) is 46.6 Å². The molecule has 2 amide bonds. The lowest BCUT2D eigenvalue weighted by Crippen LogP contribution is -2.42. The Labute approximate surface area is 133 Å². The monoisotopic (exact) mass is 323 g/mol. The number of amides is 2. The number of nitrogens with one attached hydrogen (secondary N) is 1. The Morgan fingerprint density at radius 3 is 3.05 bits per heavy atom. The maximum Gasteiger partial charge on any atom is 0.317 e. The SMILES string of the molecule is Cc1ncsc1CCNC(=O)N1C[C@@H]2CCC[C@@]2(C(=O)O)C1. The Morgan fingerprint density at radius 1 is 1.59 bits per heavy atom. The fraction of sp³-hybridized carbons (Fsp3) is 0.667. The van der Waals surface area contributed by atoms with Crippen molar-refractivity contribution in [3.05, 3.63) is 16.1 Å². The van der Waals surface area contributed by atoms with Crippen molar-refractivity contribution in [1.82, 2.24) is 15.2 Å². The second kappa shape index (κ2) is 5.87. The third-order valence-corrected chi connectivity index (χ3v) is 6.05. The molecule has 1 aromatic heterocycles. The molecule has 0 radical (unpaired) electrons. The van der Waals surface area contributed by atoms with E-state index in [1.807, 2.05) is 12.4 Å². The van der Waals surface area contributed by atoms with Crippen LogP contribution >= 0.6 is 11.3 Å². The van der Waals surface area contributed by atoms with Gasteiger partial charge in [0.15, 0.2) is 0 Å². The first-order valence-electron chi connectivity index (χ1n) is 7.68. The first kappa shape index (κ1) is 15.3. The topological polar surface area (TPSA) is 82.5 Å². The molecule has 2 fully saturated rings. The molecule has 0 unspecified atom stereocenters. The molecule has 6 nitrogen and oxygen atoms in total. The molecule has 7 heteroatoms. The van der Waals surface area contributed by atoms with Crippen molar-refractivity contribution < 1.29 is 14.7 Å². The predicted molar refractivity (Wildman–Crippen MR) is 82.9 cm³/mol. The molecule has 22 heavy (non-hydrogen) atoms. The molecule has 1 aliphatic carbocycles. The lowest BCUT2D eigenvalue weighted by atomic mass is 9.81. The normalized spacial score (nSPS) is 27.0. The zero-order valence-electron chi connectivity index (χ0n) is 12.7. The number of fused-ring (bicyclic) bond motifs is 1. The van der Waals surface area contributed by atoms with Crippen LogP contribution in [0.15, 0.2) is 5.51 Å². The summed E-state index contributed by atoms with van der Waals surface area (Å²) in [5.74, 6) is -0.634. The van der Waals surface area contributed by atoms with Crippen molar-refractivity contribution in [3.63, 3.8) is 0 Å². The van der Waals surface area contributed by atoms with Gasteiger partial charge in [-0.25, -0.2) is 9.78 Å². The fourth-order valence-electron chi connectivity index (χ4n) is 3.75. The Kier molecular flexibility index (Phi) is 4.08. The molecular weight excluding hydrogens is 302 g/mol. The number of aliphatic carboxylic acids is 1. The number of likely N-dealkylation sites (tertiary alicyclic amines) is 1. The van der Waals surface area contributed by atoms with E-state index in [-0.39, 0.29) is 11.9 Å². The summed E-state index contributed by atoms with van der Waals surface area (Å²) in [5, 5.41) is 12.4. The number of aromatic nitrogens is 1. The van der Waals surface area contributed by atoms with Crippen molar-refractivity contribution in [2.45, 2.75) is 32.6 Å². The molecule has 0 spiro atoms. The number of rotatable bonds is 4. The summed E-state index contributed by atoms with van der Waals surface area (Å²) in [6, 6.07) is -0.141. The van der Waals surface area contributed by atoms with Crippen molar-refractivity contribution in [3.8, 4) is 0 Å². The van der Waals surface area contributed by atoms with Gasteiger partial charge in [-0.1, -0.05) is 6.42 Å². The van der Waals surface area contributed by atoms with Crippen LogP contribution in [-0.2, 0) is 11.2 Å². The number of carboxylic acids is 1. The van der Waals surface area contributed by atoms with Crippen LogP contribution in [0.1, 0.15) is 29.8 Å². The van der Waals surface area contributed by atoms with Gasteiger partial charge >= 0.3 is 12.0 Å². The summed E-state index contributed by atoms with van der Waals surface area (Å²) >= 11 is 1.60. The third kappa shape index (κ3) is 2.58. The Hall–Kier alpha value is -1.63. The van der Waals surface area contributed by atoms with Crippen molar-refractivity contribution >= 4 is 23.3 Å². The molecule has 2 heterocycles. The number of thiazole rings is 1. The first-order chi connectivity index (χ1) is 10.5. The standard InChI is InChI=1S/C15H21N3O3S/c1-10-12(22-9-17-10)4-6-16-14(21)18-7-11-3-2-5-15(11,8-18)13(19)20/h9,11H,2-8H2,1H3,(H,16,21)(H,19,20)/t11-,15+/m0/s1. The molecule has 2 atom stereocenters. The van der Waals surface area contributed by atoms with Gasteiger partial charge in [0.2, 0.25) is 0 Å². The molecule has 1 saturated heterocycles. The number of urea groups is 1. The summed E-state index contributed by atoms with van der Waals surface area (Å²) in [4.78, 5) is 30.9. The highest BCUT2D eigenvalue weighted by molar-refractivity contribution is 7.09. The van der Waals surface area contributed by atoms with Gasteiger partial charge in [0.25, 0.3) is 0 Å². The second-order valence-electron chi connectivity index (χ2n) is 6.27. The molecular formula is C15H21N3O3S. The molecule has 1 aliphatic heterocycles. The van der Waals surface area contributed by atoms with E-state index < -0.39 is 11.4 Å². The van der Waals surface area contributed by atoms with Gasteiger partial charge in [-0.3, -0.25) is 4.79 Å². The zero-order chi connectivity index (χ0) is 15.7. The van der Waals surface area contributed by atoms with E-state index in [2.05, 4.69) is 10.3 Å². The van der Waals surface area contributed by atoms with Crippen LogP contribution < -0.4 is 5.32 Å². The second-order valence-corrected chi connectivity index (χ2v) is 7.21. The molecule has 120 valence electrons. The number of nitrogens with zero attached hydrogens (tertiary/aromatic N) is 2. The molecule has 3 rings (SSSR count). The van der Waals surface area contributed by atoms with Gasteiger partial charge < -0.3 is 15.3 Å². The van der Waals surface area contributed by atoms with Crippen LogP contribution in [0.4, 0.5) is 4.79 Å². The van der Waals surface area contributed by atoms with E-state index in [9.17, 15) is 14.7 Å². The summed E-state index contributed by atoms with van der Waals surface area (Å²) < 4.78 is 0. The number of hydrogen-bond donors (Lipinski definition) is 2. The number of hydrogen-bond acceptors (Lipinski definition) is 4. The Bertz CT molecular complexity index is 588. The van der Waals surface area contributed by atoms with E-state index in [0.29, 0.717) is 26.1 Å². The first-order valence-corrected chi connectivity index (χ1v) is 8.56. The van der Waals surface area contributed by atoms with Crippen molar-refractivity contribution in [1.29, 1.82) is 0 Å². The molecule has 1 saturated carbocycles. The number of carbonyl (C=O) groups excluding carboxylic acids is 1. The van der Waals surface area contributed by atoms with Gasteiger partial charge in [-0.2, -0.15) is 0 Å². The largest absolute Gasteiger partial charge is 0.481 e. The minimum Gasteiger partial charge on any atom is -0.481 e. The number of carbonyl (C=O) groups is 2. The van der Waals surface area contributed by atoms with Crippen LogP contribution in [0.5, 0.6) is 0 Å². The maximum atomic E-state index is 12.3. The third-order valence-electron chi connectivity index (χ3n) is 5.06. The highest BCUT2D eigenvalue weighted by Gasteiger charge is 2.55. The summed E-state index contributed by atoms with van der Waals surface area (Å²) in [5.41, 5.74) is 2.12. The minimum absolute atomic E-state index is 0.111.